The molecule has 0 saturated carbocycles. The molecule has 3 amide bonds. The van der Waals surface area contributed by atoms with E-state index in [1.807, 2.05) is 41.9 Å². The second kappa shape index (κ2) is 8.69. The molecule has 2 aliphatic rings. The molecular weight excluding hydrogens is 446 g/mol. The van der Waals surface area contributed by atoms with Crippen LogP contribution in [0.4, 0.5) is 19.3 Å². The van der Waals surface area contributed by atoms with E-state index >= 15 is 0 Å². The molecule has 0 bridgehead atoms. The van der Waals surface area contributed by atoms with Gasteiger partial charge in [-0.2, -0.15) is 0 Å². The number of nitrogens with zero attached hydrogens (tertiary/aromatic N) is 3. The third-order valence-electron chi connectivity index (χ3n) is 6.23. The molecule has 1 N–H and O–H groups in total. The lowest BCUT2D eigenvalue weighted by Gasteiger charge is -2.47. The topological polar surface area (TPSA) is 76.0 Å². The Bertz CT molecular complexity index is 1260. The number of aryl methyl sites for hydroxylation is 1. The predicted octanol–water partition coefficient (Wildman–Crippen LogP) is 3.19. The van der Waals surface area contributed by atoms with Crippen LogP contribution in [0.3, 0.4) is 0 Å². The van der Waals surface area contributed by atoms with Gasteiger partial charge < -0.3 is 29.2 Å². The number of carbonyl (C=O) groups excluding carboxylic acids is 2. The maximum atomic E-state index is 14.0. The van der Waals surface area contributed by atoms with E-state index in [4.69, 9.17) is 9.47 Å². The number of hydrogen-bond donors (Lipinski definition) is 1. The van der Waals surface area contributed by atoms with Crippen molar-refractivity contribution >= 4 is 28.5 Å². The van der Waals surface area contributed by atoms with Crippen molar-refractivity contribution in [3.63, 3.8) is 0 Å². The Balaban J connectivity index is 1.31. The first-order valence-electron chi connectivity index (χ1n) is 11.0. The number of anilines is 1. The molecule has 1 unspecified atom stereocenters. The van der Waals surface area contributed by atoms with Gasteiger partial charge in [0.1, 0.15) is 17.3 Å². The summed E-state index contributed by atoms with van der Waals surface area (Å²) in [7, 11) is 1.85. The first kappa shape index (κ1) is 22.3. The summed E-state index contributed by atoms with van der Waals surface area (Å²) in [4.78, 5) is 29.2. The van der Waals surface area contributed by atoms with E-state index in [0.29, 0.717) is 18.3 Å². The first-order chi connectivity index (χ1) is 16.3. The lowest BCUT2D eigenvalue weighted by atomic mass is 10.1. The SMILES string of the molecule is Cn1c(C(=O)N2CCOC3(CN(C(=O)Nc4ccc(F)cc4F)CCO3)C2)cc2ccccc21. The molecule has 34 heavy (non-hydrogen) atoms. The second-order valence-electron chi connectivity index (χ2n) is 8.46. The minimum atomic E-state index is -1.19. The molecule has 1 aromatic heterocycles. The van der Waals surface area contributed by atoms with Crippen molar-refractivity contribution in [3.05, 3.63) is 65.9 Å². The number of para-hydroxylation sites is 1. The average Bonchev–Trinajstić information content (AvgIpc) is 3.17. The number of aromatic nitrogens is 1. The van der Waals surface area contributed by atoms with Crippen LogP contribution in [0.25, 0.3) is 10.9 Å². The molecule has 2 aliphatic heterocycles. The number of ether oxygens (including phenoxy) is 2. The number of carbonyl (C=O) groups is 2. The fraction of sp³-hybridized carbons (Fsp3) is 0.333. The molecule has 1 atom stereocenters. The minimum Gasteiger partial charge on any atom is -0.345 e. The van der Waals surface area contributed by atoms with Crippen LogP contribution >= 0.6 is 0 Å². The summed E-state index contributed by atoms with van der Waals surface area (Å²) in [6.07, 6.45) is 0. The zero-order valence-corrected chi connectivity index (χ0v) is 18.6. The highest BCUT2D eigenvalue weighted by Gasteiger charge is 2.45. The van der Waals surface area contributed by atoms with Gasteiger partial charge in [0, 0.05) is 37.1 Å². The van der Waals surface area contributed by atoms with Crippen molar-refractivity contribution in [3.8, 4) is 0 Å². The largest absolute Gasteiger partial charge is 0.345 e. The molecule has 3 aromatic rings. The summed E-state index contributed by atoms with van der Waals surface area (Å²) in [5.74, 6) is -2.93. The zero-order chi connectivity index (χ0) is 23.9. The van der Waals surface area contributed by atoms with Gasteiger partial charge >= 0.3 is 6.03 Å². The molecule has 10 heteroatoms. The first-order valence-corrected chi connectivity index (χ1v) is 11.0. The van der Waals surface area contributed by atoms with Gasteiger partial charge in [-0.05, 0) is 24.3 Å². The van der Waals surface area contributed by atoms with Gasteiger partial charge in [-0.15, -0.1) is 0 Å². The van der Waals surface area contributed by atoms with Gasteiger partial charge in [0.05, 0.1) is 32.0 Å². The molecule has 0 aliphatic carbocycles. The molecular formula is C24H24F2N4O4. The van der Waals surface area contributed by atoms with E-state index in [0.717, 1.165) is 17.0 Å². The molecule has 2 fully saturated rings. The van der Waals surface area contributed by atoms with Crippen LogP contribution in [-0.2, 0) is 16.5 Å². The standard InChI is InChI=1S/C24H24F2N4O4/c1-28-20-5-3-2-4-16(20)12-21(28)22(31)29-8-10-33-24(14-29)15-30(9-11-34-24)23(32)27-19-7-6-17(25)13-18(19)26/h2-7,12-13H,8-11,14-15H2,1H3,(H,27,32). The van der Waals surface area contributed by atoms with Crippen molar-refractivity contribution in [2.24, 2.45) is 7.05 Å². The normalized spacial score (nSPS) is 20.7. The third kappa shape index (κ3) is 4.10. The molecule has 3 heterocycles. The van der Waals surface area contributed by atoms with E-state index in [-0.39, 0.29) is 44.4 Å². The fourth-order valence-electron chi connectivity index (χ4n) is 4.49. The summed E-state index contributed by atoms with van der Waals surface area (Å²) >= 11 is 0. The monoisotopic (exact) mass is 470 g/mol. The number of rotatable bonds is 2. The summed E-state index contributed by atoms with van der Waals surface area (Å²) in [6, 6.07) is 12.0. The number of benzene rings is 2. The predicted molar refractivity (Wildman–Crippen MR) is 120 cm³/mol. The van der Waals surface area contributed by atoms with Crippen LogP contribution < -0.4 is 5.32 Å². The Kier molecular flexibility index (Phi) is 5.70. The zero-order valence-electron chi connectivity index (χ0n) is 18.6. The smallest absolute Gasteiger partial charge is 0.322 e. The van der Waals surface area contributed by atoms with Crippen molar-refractivity contribution in [1.29, 1.82) is 0 Å². The lowest BCUT2D eigenvalue weighted by Crippen LogP contribution is -2.64. The lowest BCUT2D eigenvalue weighted by molar-refractivity contribution is -0.281. The van der Waals surface area contributed by atoms with Gasteiger partial charge in [-0.25, -0.2) is 13.6 Å². The number of hydrogen-bond acceptors (Lipinski definition) is 4. The summed E-state index contributed by atoms with van der Waals surface area (Å²) in [6.45, 7) is 1.28. The highest BCUT2D eigenvalue weighted by Crippen LogP contribution is 2.27. The summed E-state index contributed by atoms with van der Waals surface area (Å²) in [5, 5.41) is 3.43. The molecule has 1 spiro atoms. The maximum absolute atomic E-state index is 14.0. The number of urea groups is 1. The summed E-state index contributed by atoms with van der Waals surface area (Å²) in [5.41, 5.74) is 1.39. The van der Waals surface area contributed by atoms with Crippen LogP contribution in [0.15, 0.2) is 48.5 Å². The van der Waals surface area contributed by atoms with Crippen LogP contribution in [0.5, 0.6) is 0 Å². The van der Waals surface area contributed by atoms with Crippen LogP contribution in [0.2, 0.25) is 0 Å². The average molecular weight is 470 g/mol. The third-order valence-corrected chi connectivity index (χ3v) is 6.23. The number of morpholine rings is 2. The number of halogens is 2. The molecule has 5 rings (SSSR count). The Morgan fingerprint density at radius 1 is 0.971 bits per heavy atom. The van der Waals surface area contributed by atoms with Gasteiger partial charge in [0.25, 0.3) is 5.91 Å². The molecule has 8 nitrogen and oxygen atoms in total. The van der Waals surface area contributed by atoms with Crippen LogP contribution in [0, 0.1) is 11.6 Å². The van der Waals surface area contributed by atoms with Gasteiger partial charge in [0.15, 0.2) is 0 Å². The summed E-state index contributed by atoms with van der Waals surface area (Å²) < 4.78 is 40.8. The van der Waals surface area contributed by atoms with Crippen LogP contribution in [0.1, 0.15) is 10.5 Å². The molecule has 2 aromatic carbocycles. The highest BCUT2D eigenvalue weighted by atomic mass is 19.1. The number of nitrogens with one attached hydrogen (secondary N) is 1. The van der Waals surface area contributed by atoms with Crippen molar-refractivity contribution < 1.29 is 27.8 Å². The van der Waals surface area contributed by atoms with Crippen molar-refractivity contribution in [2.45, 2.75) is 5.79 Å². The Morgan fingerprint density at radius 3 is 2.41 bits per heavy atom. The van der Waals surface area contributed by atoms with Gasteiger partial charge in [-0.1, -0.05) is 18.2 Å². The molecule has 178 valence electrons. The number of fused-ring (bicyclic) bond motifs is 1. The van der Waals surface area contributed by atoms with Gasteiger partial charge in [0.2, 0.25) is 5.79 Å². The van der Waals surface area contributed by atoms with E-state index in [1.165, 1.54) is 11.0 Å². The van der Waals surface area contributed by atoms with E-state index in [9.17, 15) is 18.4 Å². The molecule has 0 radical (unpaired) electrons. The van der Waals surface area contributed by atoms with Crippen LogP contribution in [-0.4, -0.2) is 71.5 Å². The van der Waals surface area contributed by atoms with E-state index < -0.39 is 23.5 Å². The van der Waals surface area contributed by atoms with Crippen molar-refractivity contribution in [1.82, 2.24) is 14.4 Å². The quantitative estimate of drug-likeness (QED) is 0.624. The maximum Gasteiger partial charge on any atom is 0.322 e. The Morgan fingerprint density at radius 2 is 1.68 bits per heavy atom. The minimum absolute atomic E-state index is 0.0561. The Hall–Kier alpha value is -3.50. The van der Waals surface area contributed by atoms with Gasteiger partial charge in [-0.3, -0.25) is 4.79 Å². The Labute approximate surface area is 194 Å². The fourth-order valence-corrected chi connectivity index (χ4v) is 4.49. The molecule has 2 saturated heterocycles. The van der Waals surface area contributed by atoms with E-state index in [1.54, 1.807) is 4.90 Å². The highest BCUT2D eigenvalue weighted by molar-refractivity contribution is 5.98. The van der Waals surface area contributed by atoms with E-state index in [2.05, 4.69) is 5.32 Å². The number of amides is 3. The second-order valence-corrected chi connectivity index (χ2v) is 8.46. The van der Waals surface area contributed by atoms with Crippen molar-refractivity contribution in [2.75, 3.05) is 44.7 Å².